The number of hydrogen-bond donors (Lipinski definition) is 2. The molecule has 0 fully saturated rings. The van der Waals surface area contributed by atoms with Crippen molar-refractivity contribution in [1.82, 2.24) is 5.32 Å². The summed E-state index contributed by atoms with van der Waals surface area (Å²) in [5.74, 6) is -0.369. The van der Waals surface area contributed by atoms with Crippen LogP contribution in [-0.2, 0) is 22.7 Å². The maximum Gasteiger partial charge on any atom is 0.250 e. The van der Waals surface area contributed by atoms with Crippen molar-refractivity contribution in [3.63, 3.8) is 0 Å². The summed E-state index contributed by atoms with van der Waals surface area (Å²) in [6, 6.07) is 21.7. The molecule has 5 nitrogen and oxygen atoms in total. The Kier molecular flexibility index (Phi) is 6.44. The molecule has 7 heteroatoms. The molecular formula is C24H21Cl2N3O2. The minimum Gasteiger partial charge on any atom is -0.372 e. The predicted molar refractivity (Wildman–Crippen MR) is 124 cm³/mol. The van der Waals surface area contributed by atoms with E-state index >= 15 is 0 Å². The van der Waals surface area contributed by atoms with E-state index in [1.807, 2.05) is 48.5 Å². The second kappa shape index (κ2) is 9.41. The molecule has 1 aliphatic heterocycles. The molecule has 0 unspecified atom stereocenters. The van der Waals surface area contributed by atoms with Crippen LogP contribution in [0.2, 0.25) is 10.0 Å². The number of fused-ring (bicyclic) bond motifs is 1. The number of nitrogens with zero attached hydrogens (tertiary/aromatic N) is 1. The first kappa shape index (κ1) is 21.2. The van der Waals surface area contributed by atoms with Gasteiger partial charge in [-0.05, 0) is 41.5 Å². The van der Waals surface area contributed by atoms with Gasteiger partial charge in [0.25, 0.3) is 0 Å². The van der Waals surface area contributed by atoms with Gasteiger partial charge in [-0.15, -0.1) is 0 Å². The average Bonchev–Trinajstić information content (AvgIpc) is 2.77. The maximum absolute atomic E-state index is 13.3. The number of carbonyl (C=O) groups is 2. The number of anilines is 2. The lowest BCUT2D eigenvalue weighted by atomic mass is 10.0. The molecular weight excluding hydrogens is 433 g/mol. The molecule has 3 aromatic rings. The molecule has 0 radical (unpaired) electrons. The van der Waals surface area contributed by atoms with E-state index in [4.69, 9.17) is 23.2 Å². The lowest BCUT2D eigenvalue weighted by Crippen LogP contribution is -2.48. The predicted octanol–water partition coefficient (Wildman–Crippen LogP) is 5.03. The van der Waals surface area contributed by atoms with Crippen molar-refractivity contribution in [2.45, 2.75) is 25.6 Å². The fraction of sp³-hybridized carbons (Fsp3) is 0.167. The van der Waals surface area contributed by atoms with Gasteiger partial charge in [-0.25, -0.2) is 0 Å². The van der Waals surface area contributed by atoms with Crippen molar-refractivity contribution < 1.29 is 9.59 Å². The highest BCUT2D eigenvalue weighted by Crippen LogP contribution is 2.35. The topological polar surface area (TPSA) is 61.4 Å². The van der Waals surface area contributed by atoms with Crippen molar-refractivity contribution in [2.24, 2.45) is 0 Å². The van der Waals surface area contributed by atoms with Crippen LogP contribution in [0.1, 0.15) is 17.5 Å². The van der Waals surface area contributed by atoms with Crippen molar-refractivity contribution in [2.75, 3.05) is 10.2 Å². The lowest BCUT2D eigenvalue weighted by molar-refractivity contribution is -0.126. The Morgan fingerprint density at radius 1 is 0.935 bits per heavy atom. The normalized spacial score (nSPS) is 15.2. The van der Waals surface area contributed by atoms with Crippen molar-refractivity contribution in [3.05, 3.63) is 94.0 Å². The summed E-state index contributed by atoms with van der Waals surface area (Å²) in [6.45, 7) is 0.784. The highest BCUT2D eigenvalue weighted by Gasteiger charge is 2.34. The molecule has 2 N–H and O–H groups in total. The molecule has 1 aliphatic rings. The van der Waals surface area contributed by atoms with E-state index in [0.717, 1.165) is 22.5 Å². The van der Waals surface area contributed by atoms with Crippen LogP contribution in [0.25, 0.3) is 0 Å². The molecule has 0 bridgehead atoms. The highest BCUT2D eigenvalue weighted by molar-refractivity contribution is 6.31. The van der Waals surface area contributed by atoms with E-state index in [-0.39, 0.29) is 18.2 Å². The van der Waals surface area contributed by atoms with Gasteiger partial charge < -0.3 is 15.5 Å². The molecule has 158 valence electrons. The second-order valence-corrected chi connectivity index (χ2v) is 8.25. The molecule has 1 atom stereocenters. The van der Waals surface area contributed by atoms with Crippen molar-refractivity contribution >= 4 is 46.4 Å². The molecule has 0 spiro atoms. The monoisotopic (exact) mass is 453 g/mol. The first-order chi connectivity index (χ1) is 15.0. The molecule has 2 amide bonds. The fourth-order valence-corrected chi connectivity index (χ4v) is 3.84. The summed E-state index contributed by atoms with van der Waals surface area (Å²) in [7, 11) is 0. The minimum atomic E-state index is -0.681. The van der Waals surface area contributed by atoms with E-state index in [1.165, 1.54) is 0 Å². The van der Waals surface area contributed by atoms with Crippen molar-refractivity contribution in [1.29, 1.82) is 0 Å². The summed E-state index contributed by atoms with van der Waals surface area (Å²) in [6.07, 6.45) is 0.0175. The number of benzene rings is 3. The van der Waals surface area contributed by atoms with Crippen LogP contribution < -0.4 is 15.5 Å². The summed E-state index contributed by atoms with van der Waals surface area (Å²) < 4.78 is 0. The summed E-state index contributed by atoms with van der Waals surface area (Å²) >= 11 is 12.1. The number of halogens is 2. The molecule has 0 aromatic heterocycles. The van der Waals surface area contributed by atoms with Gasteiger partial charge in [0, 0.05) is 16.6 Å². The maximum atomic E-state index is 13.3. The second-order valence-electron chi connectivity index (χ2n) is 7.38. The third-order valence-electron chi connectivity index (χ3n) is 5.12. The molecule has 1 heterocycles. The third-order valence-corrected chi connectivity index (χ3v) is 5.61. The number of amides is 2. The van der Waals surface area contributed by atoms with Gasteiger partial charge in [-0.3, -0.25) is 9.59 Å². The van der Waals surface area contributed by atoms with Gasteiger partial charge >= 0.3 is 0 Å². The largest absolute Gasteiger partial charge is 0.372 e. The zero-order valence-corrected chi connectivity index (χ0v) is 18.2. The molecule has 0 saturated carbocycles. The van der Waals surface area contributed by atoms with Crippen LogP contribution in [0, 0.1) is 0 Å². The van der Waals surface area contributed by atoms with Gasteiger partial charge in [0.05, 0.1) is 24.3 Å². The SMILES string of the molecule is O=C(C[C@@H]1Nc2cc(Cl)ccc2N(Cc2ccccc2)C1=O)NCc1ccc(Cl)cc1. The number of hydrogen-bond acceptors (Lipinski definition) is 3. The first-order valence-electron chi connectivity index (χ1n) is 9.92. The Hall–Kier alpha value is -3.02. The zero-order valence-electron chi connectivity index (χ0n) is 16.6. The molecule has 0 saturated heterocycles. The van der Waals surface area contributed by atoms with E-state index in [2.05, 4.69) is 10.6 Å². The van der Waals surface area contributed by atoms with E-state index < -0.39 is 6.04 Å². The smallest absolute Gasteiger partial charge is 0.250 e. The van der Waals surface area contributed by atoms with Gasteiger partial charge in [-0.1, -0.05) is 65.7 Å². The number of nitrogens with one attached hydrogen (secondary N) is 2. The fourth-order valence-electron chi connectivity index (χ4n) is 3.54. The average molecular weight is 454 g/mol. The third kappa shape index (κ3) is 5.19. The Balaban J connectivity index is 1.49. The number of rotatable bonds is 6. The van der Waals surface area contributed by atoms with Crippen molar-refractivity contribution in [3.8, 4) is 0 Å². The lowest BCUT2D eigenvalue weighted by Gasteiger charge is -2.35. The number of carbonyl (C=O) groups excluding carboxylic acids is 2. The first-order valence-corrected chi connectivity index (χ1v) is 10.7. The van der Waals surface area contributed by atoms with Crippen LogP contribution in [0.4, 0.5) is 11.4 Å². The van der Waals surface area contributed by atoms with Gasteiger partial charge in [-0.2, -0.15) is 0 Å². The molecule has 3 aromatic carbocycles. The Labute approximate surface area is 191 Å². The minimum absolute atomic E-state index is 0.0175. The standard InChI is InChI=1S/C24H21Cl2N3O2/c25-18-8-6-16(7-9-18)14-27-23(30)13-21-24(31)29(15-17-4-2-1-3-5-17)22-11-10-19(26)12-20(22)28-21/h1-12,21,28H,13-15H2,(H,27,30)/t21-/m0/s1. The molecule has 4 rings (SSSR count). The van der Waals surface area contributed by atoms with Crippen LogP contribution in [0.3, 0.4) is 0 Å². The summed E-state index contributed by atoms with van der Waals surface area (Å²) in [5.41, 5.74) is 3.42. The van der Waals surface area contributed by atoms with Crippen LogP contribution in [0.5, 0.6) is 0 Å². The van der Waals surface area contributed by atoms with Crippen LogP contribution in [-0.4, -0.2) is 17.9 Å². The van der Waals surface area contributed by atoms with E-state index in [0.29, 0.717) is 23.1 Å². The zero-order chi connectivity index (χ0) is 21.8. The quantitative estimate of drug-likeness (QED) is 0.550. The molecule has 0 aliphatic carbocycles. The van der Waals surface area contributed by atoms with Gasteiger partial charge in [0.15, 0.2) is 0 Å². The van der Waals surface area contributed by atoms with Gasteiger partial charge in [0.1, 0.15) is 6.04 Å². The van der Waals surface area contributed by atoms with Gasteiger partial charge in [0.2, 0.25) is 11.8 Å². The summed E-state index contributed by atoms with van der Waals surface area (Å²) in [5, 5.41) is 7.26. The Bertz CT molecular complexity index is 1090. The molecule has 31 heavy (non-hydrogen) atoms. The van der Waals surface area contributed by atoms with Crippen LogP contribution in [0.15, 0.2) is 72.8 Å². The summed E-state index contributed by atoms with van der Waals surface area (Å²) in [4.78, 5) is 27.5. The Morgan fingerprint density at radius 3 is 2.39 bits per heavy atom. The Morgan fingerprint density at radius 2 is 1.65 bits per heavy atom. The highest BCUT2D eigenvalue weighted by atomic mass is 35.5. The van der Waals surface area contributed by atoms with Crippen LogP contribution >= 0.6 is 23.2 Å². The van der Waals surface area contributed by atoms with E-state index in [9.17, 15) is 9.59 Å². The van der Waals surface area contributed by atoms with E-state index in [1.54, 1.807) is 29.2 Å².